The highest BCUT2D eigenvalue weighted by molar-refractivity contribution is 7.10. The number of halogens is 2. The molecule has 1 heterocycles. The molecule has 1 aromatic carbocycles. The first-order chi connectivity index (χ1) is 8.00. The Bertz CT molecular complexity index is 548. The third-order valence-electron chi connectivity index (χ3n) is 2.77. The van der Waals surface area contributed by atoms with E-state index in [0.717, 1.165) is 10.9 Å². The summed E-state index contributed by atoms with van der Waals surface area (Å²) in [6, 6.07) is 3.92. The highest BCUT2D eigenvalue weighted by Crippen LogP contribution is 2.30. The summed E-state index contributed by atoms with van der Waals surface area (Å²) in [4.78, 5) is 0.930. The summed E-state index contributed by atoms with van der Waals surface area (Å²) in [6.45, 7) is 3.41. The first-order valence-electron chi connectivity index (χ1n) is 5.18. The van der Waals surface area contributed by atoms with Gasteiger partial charge in [0.15, 0.2) is 0 Å². The molecule has 0 radical (unpaired) electrons. The number of aliphatic hydroxyl groups is 1. The van der Waals surface area contributed by atoms with E-state index in [1.165, 1.54) is 17.4 Å². The zero-order valence-corrected chi connectivity index (χ0v) is 10.3. The number of hydrogen-bond acceptors (Lipinski definition) is 2. The average Bonchev–Trinajstić information content (AvgIpc) is 2.69. The molecule has 0 aliphatic carbocycles. The molecule has 0 aliphatic rings. The number of thiophene rings is 1. The van der Waals surface area contributed by atoms with E-state index in [4.69, 9.17) is 0 Å². The lowest BCUT2D eigenvalue weighted by molar-refractivity contribution is 0.214. The van der Waals surface area contributed by atoms with Gasteiger partial charge in [-0.1, -0.05) is 0 Å². The normalized spacial score (nSPS) is 12.8. The Morgan fingerprint density at radius 3 is 2.41 bits per heavy atom. The molecule has 0 spiro atoms. The molecule has 17 heavy (non-hydrogen) atoms. The molecule has 0 saturated carbocycles. The van der Waals surface area contributed by atoms with E-state index in [1.807, 2.05) is 12.3 Å². The number of benzene rings is 1. The summed E-state index contributed by atoms with van der Waals surface area (Å²) >= 11 is 1.48. The van der Waals surface area contributed by atoms with Crippen LogP contribution < -0.4 is 0 Å². The van der Waals surface area contributed by atoms with Crippen LogP contribution in [0.4, 0.5) is 8.78 Å². The molecular weight excluding hydrogens is 242 g/mol. The van der Waals surface area contributed by atoms with Crippen LogP contribution in [-0.2, 0) is 0 Å². The van der Waals surface area contributed by atoms with Crippen LogP contribution in [0.5, 0.6) is 0 Å². The average molecular weight is 254 g/mol. The Hall–Kier alpha value is -1.26. The van der Waals surface area contributed by atoms with Gasteiger partial charge >= 0.3 is 0 Å². The topological polar surface area (TPSA) is 20.2 Å². The van der Waals surface area contributed by atoms with Crippen LogP contribution in [0.25, 0.3) is 0 Å². The number of rotatable bonds is 2. The molecule has 90 valence electrons. The smallest absolute Gasteiger partial charge is 0.132 e. The zero-order chi connectivity index (χ0) is 12.6. The molecule has 1 aromatic heterocycles. The third-order valence-corrected chi connectivity index (χ3v) is 3.63. The van der Waals surface area contributed by atoms with Crippen LogP contribution in [-0.4, -0.2) is 5.11 Å². The van der Waals surface area contributed by atoms with Crippen molar-refractivity contribution in [3.63, 3.8) is 0 Å². The Morgan fingerprint density at radius 2 is 1.82 bits per heavy atom. The van der Waals surface area contributed by atoms with E-state index in [0.29, 0.717) is 11.1 Å². The van der Waals surface area contributed by atoms with Crippen LogP contribution in [0.1, 0.15) is 27.7 Å². The van der Waals surface area contributed by atoms with Crippen LogP contribution in [0.3, 0.4) is 0 Å². The second-order valence-corrected chi connectivity index (χ2v) is 5.08. The Labute approximate surface area is 102 Å². The van der Waals surface area contributed by atoms with Gasteiger partial charge in [0.25, 0.3) is 0 Å². The van der Waals surface area contributed by atoms with Gasteiger partial charge in [0.2, 0.25) is 0 Å². The van der Waals surface area contributed by atoms with Gasteiger partial charge in [-0.05, 0) is 42.5 Å². The van der Waals surface area contributed by atoms with Gasteiger partial charge < -0.3 is 5.11 Å². The fourth-order valence-corrected chi connectivity index (χ4v) is 2.47. The minimum absolute atomic E-state index is 0.116. The summed E-state index contributed by atoms with van der Waals surface area (Å²) < 4.78 is 26.7. The largest absolute Gasteiger partial charge is 0.384 e. The van der Waals surface area contributed by atoms with Gasteiger partial charge in [0.1, 0.15) is 17.7 Å². The Balaban J connectivity index is 2.48. The first kappa shape index (κ1) is 12.2. The fourth-order valence-electron chi connectivity index (χ4n) is 1.74. The lowest BCUT2D eigenvalue weighted by Gasteiger charge is -2.13. The molecule has 1 unspecified atom stereocenters. The zero-order valence-electron chi connectivity index (χ0n) is 9.50. The van der Waals surface area contributed by atoms with Crippen LogP contribution >= 0.6 is 11.3 Å². The van der Waals surface area contributed by atoms with Crippen LogP contribution in [0.15, 0.2) is 23.6 Å². The summed E-state index contributed by atoms with van der Waals surface area (Å²) in [5.41, 5.74) is 1.11. The molecule has 1 nitrogen and oxygen atoms in total. The standard InChI is InChI=1S/C13H12F2OS/c1-7-5-10(12(15)6-11(7)14)13(16)9-3-4-17-8(9)2/h3-6,13,16H,1-2H3. The van der Waals surface area contributed by atoms with Crippen molar-refractivity contribution in [1.82, 2.24) is 0 Å². The first-order valence-corrected chi connectivity index (χ1v) is 6.06. The monoisotopic (exact) mass is 254 g/mol. The molecular formula is C13H12F2OS. The molecule has 0 bridgehead atoms. The summed E-state index contributed by atoms with van der Waals surface area (Å²) in [7, 11) is 0. The van der Waals surface area contributed by atoms with Gasteiger partial charge in [-0.25, -0.2) is 8.78 Å². The van der Waals surface area contributed by atoms with E-state index in [-0.39, 0.29) is 5.56 Å². The highest BCUT2D eigenvalue weighted by atomic mass is 32.1. The van der Waals surface area contributed by atoms with Crippen molar-refractivity contribution in [2.75, 3.05) is 0 Å². The maximum atomic E-state index is 13.6. The molecule has 0 amide bonds. The minimum atomic E-state index is -1.04. The van der Waals surface area contributed by atoms with Gasteiger partial charge in [-0.15, -0.1) is 11.3 Å². The van der Waals surface area contributed by atoms with Crippen molar-refractivity contribution in [2.45, 2.75) is 20.0 Å². The van der Waals surface area contributed by atoms with E-state index in [1.54, 1.807) is 13.0 Å². The van der Waals surface area contributed by atoms with E-state index >= 15 is 0 Å². The molecule has 2 rings (SSSR count). The molecule has 0 aliphatic heterocycles. The van der Waals surface area contributed by atoms with E-state index in [9.17, 15) is 13.9 Å². The second kappa shape index (κ2) is 4.55. The number of aliphatic hydroxyl groups excluding tert-OH is 1. The maximum Gasteiger partial charge on any atom is 0.132 e. The quantitative estimate of drug-likeness (QED) is 0.866. The van der Waals surface area contributed by atoms with Crippen molar-refractivity contribution < 1.29 is 13.9 Å². The van der Waals surface area contributed by atoms with Crippen molar-refractivity contribution in [3.05, 3.63) is 56.8 Å². The van der Waals surface area contributed by atoms with Crippen molar-refractivity contribution in [2.24, 2.45) is 0 Å². The van der Waals surface area contributed by atoms with E-state index < -0.39 is 17.7 Å². The highest BCUT2D eigenvalue weighted by Gasteiger charge is 2.19. The predicted octanol–water partition coefficient (Wildman–Crippen LogP) is 3.72. The van der Waals surface area contributed by atoms with Gasteiger partial charge in [-0.3, -0.25) is 0 Å². The number of aryl methyl sites for hydroxylation is 2. The third kappa shape index (κ3) is 2.23. The van der Waals surface area contributed by atoms with Gasteiger partial charge in [-0.2, -0.15) is 0 Å². The maximum absolute atomic E-state index is 13.6. The van der Waals surface area contributed by atoms with Crippen LogP contribution in [0, 0.1) is 25.5 Å². The van der Waals surface area contributed by atoms with Gasteiger partial charge in [0, 0.05) is 16.5 Å². The van der Waals surface area contributed by atoms with Crippen molar-refractivity contribution >= 4 is 11.3 Å². The number of hydrogen-bond donors (Lipinski definition) is 1. The Morgan fingerprint density at radius 1 is 1.12 bits per heavy atom. The molecule has 4 heteroatoms. The van der Waals surface area contributed by atoms with Crippen molar-refractivity contribution in [1.29, 1.82) is 0 Å². The van der Waals surface area contributed by atoms with Gasteiger partial charge in [0.05, 0.1) is 0 Å². The van der Waals surface area contributed by atoms with Crippen molar-refractivity contribution in [3.8, 4) is 0 Å². The molecule has 1 N–H and O–H groups in total. The summed E-state index contributed by atoms with van der Waals surface area (Å²) in [5, 5.41) is 11.9. The summed E-state index contributed by atoms with van der Waals surface area (Å²) in [5.74, 6) is -1.31. The fraction of sp³-hybridized carbons (Fsp3) is 0.231. The lowest BCUT2D eigenvalue weighted by Crippen LogP contribution is -2.04. The molecule has 0 saturated heterocycles. The molecule has 0 fully saturated rings. The molecule has 2 aromatic rings. The lowest BCUT2D eigenvalue weighted by atomic mass is 10.00. The second-order valence-electron chi connectivity index (χ2n) is 3.96. The minimum Gasteiger partial charge on any atom is -0.384 e. The van der Waals surface area contributed by atoms with E-state index in [2.05, 4.69) is 0 Å². The SMILES string of the molecule is Cc1cc(C(O)c2ccsc2C)c(F)cc1F. The van der Waals surface area contributed by atoms with Crippen LogP contribution in [0.2, 0.25) is 0 Å². The molecule has 1 atom stereocenters. The Kier molecular flexibility index (Phi) is 3.26. The predicted molar refractivity (Wildman–Crippen MR) is 64.2 cm³/mol. The summed E-state index contributed by atoms with van der Waals surface area (Å²) in [6.07, 6.45) is -1.04.